The van der Waals surface area contributed by atoms with E-state index in [1.807, 2.05) is 0 Å². The molecule has 1 fully saturated rings. The Morgan fingerprint density at radius 1 is 0.245 bits per heavy atom. The summed E-state index contributed by atoms with van der Waals surface area (Å²) in [5.41, 5.74) is 19.4. The van der Waals surface area contributed by atoms with Crippen molar-refractivity contribution in [3.8, 4) is 0 Å². The van der Waals surface area contributed by atoms with E-state index >= 15 is 0 Å². The van der Waals surface area contributed by atoms with Gasteiger partial charge in [0.1, 0.15) is 0 Å². The lowest BCUT2D eigenvalue weighted by molar-refractivity contribution is 0.00760. The number of ether oxygens (including phenoxy) is 6. The summed E-state index contributed by atoms with van der Waals surface area (Å²) in [6.45, 7) is 13.0. The average molecular weight is 1400 g/mol. The standard InChI is InChI=1S/C98H102N2O6/c1-5-31-77-73(27-1)71-74-28-2-6-32-78(74)81(77)35-21-59-101-61-25-51-97-89-43-15-9-37-83(89)95(84-38-10-16-44-90(84)97,85-39-11-17-45-91(85)97)49-23-53-99-55-63-103-67-69-105-65-57-100(58-66-106-70-68-104-64-56-99)54-24-50-96-86-40-12-18-46-92(86)98(93-47-19-13-41-87(93)96,94-48-20-14-42-88(94)96)52-26-62-102-60-22-36-82-79-33-7-3-29-75(79)72-76-30-4-8-34-80(76)82/h1-20,27-34,37-48,71-72H,21-26,35-36,49-70H2. The van der Waals surface area contributed by atoms with E-state index in [9.17, 15) is 0 Å². The van der Waals surface area contributed by atoms with Gasteiger partial charge < -0.3 is 28.4 Å². The number of aryl methyl sites for hydroxylation is 2. The Balaban J connectivity index is 0.502. The molecule has 0 saturated carbocycles. The van der Waals surface area contributed by atoms with Crippen LogP contribution in [-0.2, 0) is 62.9 Å². The van der Waals surface area contributed by atoms with E-state index in [-0.39, 0.29) is 21.7 Å². The molecule has 0 atom stereocenters. The molecule has 0 amide bonds. The van der Waals surface area contributed by atoms with Gasteiger partial charge in [-0.2, -0.15) is 0 Å². The van der Waals surface area contributed by atoms with E-state index in [0.29, 0.717) is 52.9 Å². The predicted molar refractivity (Wildman–Crippen MR) is 432 cm³/mol. The summed E-state index contributed by atoms with van der Waals surface area (Å²) < 4.78 is 38.8. The largest absolute Gasteiger partial charge is 0.381 e. The zero-order chi connectivity index (χ0) is 71.0. The Labute approximate surface area is 627 Å². The van der Waals surface area contributed by atoms with Crippen LogP contribution in [0, 0.1) is 0 Å². The number of fused-ring (bicyclic) bond motifs is 4. The van der Waals surface area contributed by atoms with Crippen LogP contribution in [-0.4, -0.2) is 128 Å². The third-order valence-electron chi connectivity index (χ3n) is 25.0. The van der Waals surface area contributed by atoms with Gasteiger partial charge in [0.15, 0.2) is 0 Å². The van der Waals surface area contributed by atoms with Crippen molar-refractivity contribution >= 4 is 43.1 Å². The molecular weight excluding hydrogens is 1300 g/mol. The molecule has 8 nitrogen and oxygen atoms in total. The molecule has 1 saturated heterocycles. The van der Waals surface area contributed by atoms with Crippen molar-refractivity contribution in [1.82, 2.24) is 9.80 Å². The average Bonchev–Trinajstić information content (AvgIpc) is 0.667. The second kappa shape index (κ2) is 32.0. The van der Waals surface area contributed by atoms with E-state index < -0.39 is 0 Å². The first-order valence-electron chi connectivity index (χ1n) is 39.9. The number of hydrogen-bond donors (Lipinski definition) is 0. The normalized spacial score (nSPS) is 21.1. The summed E-state index contributed by atoms with van der Waals surface area (Å²) in [6, 6.07) is 96.7. The van der Waals surface area contributed by atoms with Gasteiger partial charge in [-0.3, -0.25) is 9.80 Å². The quantitative estimate of drug-likeness (QED) is 0.0438. The third kappa shape index (κ3) is 13.0. The monoisotopic (exact) mass is 1400 g/mol. The second-order valence-corrected chi connectivity index (χ2v) is 30.5. The number of nitrogens with zero attached hydrogens (tertiary/aromatic N) is 2. The lowest BCUT2D eigenvalue weighted by Crippen LogP contribution is -2.51. The fourth-order valence-corrected chi connectivity index (χ4v) is 20.5. The lowest BCUT2D eigenvalue weighted by atomic mass is 9.45. The first kappa shape index (κ1) is 70.3. The molecule has 0 unspecified atom stereocenters. The molecule has 106 heavy (non-hydrogen) atoms. The maximum Gasteiger partial charge on any atom is 0.0701 e. The van der Waals surface area contributed by atoms with Crippen LogP contribution in [0.2, 0.25) is 0 Å². The van der Waals surface area contributed by atoms with Crippen molar-refractivity contribution in [2.24, 2.45) is 0 Å². The molecule has 0 spiro atoms. The predicted octanol–water partition coefficient (Wildman–Crippen LogP) is 19.7. The van der Waals surface area contributed by atoms with Gasteiger partial charge in [-0.25, -0.2) is 0 Å². The van der Waals surface area contributed by atoms with E-state index in [1.165, 1.54) is 121 Å². The molecule has 6 aliphatic carbocycles. The van der Waals surface area contributed by atoms with Crippen molar-refractivity contribution in [2.75, 3.05) is 119 Å². The van der Waals surface area contributed by atoms with Crippen LogP contribution in [0.4, 0.5) is 0 Å². The van der Waals surface area contributed by atoms with Crippen LogP contribution < -0.4 is 0 Å². The first-order valence-corrected chi connectivity index (χ1v) is 39.9. The van der Waals surface area contributed by atoms with E-state index in [2.05, 4.69) is 265 Å². The maximum atomic E-state index is 6.59. The molecule has 19 rings (SSSR count). The Bertz CT molecular complexity index is 4360. The number of rotatable bonds is 24. The number of benzene rings is 12. The molecule has 540 valence electrons. The Morgan fingerprint density at radius 3 is 0.717 bits per heavy atom. The number of hydrogen-bond acceptors (Lipinski definition) is 8. The molecule has 1 aliphatic heterocycles. The fourth-order valence-electron chi connectivity index (χ4n) is 20.5. The van der Waals surface area contributed by atoms with Crippen LogP contribution in [0.25, 0.3) is 43.1 Å². The van der Waals surface area contributed by atoms with Crippen molar-refractivity contribution < 1.29 is 28.4 Å². The topological polar surface area (TPSA) is 61.9 Å². The summed E-state index contributed by atoms with van der Waals surface area (Å²) in [6.07, 6.45) is 11.9. The van der Waals surface area contributed by atoms with Gasteiger partial charge in [-0.15, -0.1) is 0 Å². The van der Waals surface area contributed by atoms with Crippen molar-refractivity contribution in [3.63, 3.8) is 0 Å². The van der Waals surface area contributed by atoms with Crippen LogP contribution in [0.3, 0.4) is 0 Å². The highest BCUT2D eigenvalue weighted by molar-refractivity contribution is 6.03. The van der Waals surface area contributed by atoms with E-state index in [4.69, 9.17) is 28.4 Å². The van der Waals surface area contributed by atoms with Gasteiger partial charge in [0.25, 0.3) is 0 Å². The molecule has 1 heterocycles. The minimum atomic E-state index is -0.264. The maximum absolute atomic E-state index is 6.59. The molecule has 0 radical (unpaired) electrons. The van der Waals surface area contributed by atoms with Gasteiger partial charge in [0.2, 0.25) is 0 Å². The lowest BCUT2D eigenvalue weighted by Gasteiger charge is -2.57. The van der Waals surface area contributed by atoms with E-state index in [1.54, 1.807) is 0 Å². The highest BCUT2D eigenvalue weighted by Gasteiger charge is 2.59. The SMILES string of the molecule is c1ccc2c(c1)C1(CCCOCCCc3c4ccccc4cc4ccccc34)c3ccccc3C2(CCCN2CCOCCOCCN(CCCC34c5ccccc5C(CCCOCCCc5c6ccccc6cc6ccccc56)(c5ccccc53)c3ccccc34)CCOCCOCC2)c2ccccc21. The fraction of sp³-hybridized carbons (Fsp3) is 0.347. The Morgan fingerprint density at radius 2 is 0.462 bits per heavy atom. The summed E-state index contributed by atoms with van der Waals surface area (Å²) >= 11 is 0. The summed E-state index contributed by atoms with van der Waals surface area (Å²) in [4.78, 5) is 5.12. The first-order chi connectivity index (χ1) is 52.6. The van der Waals surface area contributed by atoms with Gasteiger partial charge in [-0.1, -0.05) is 243 Å². The van der Waals surface area contributed by atoms with Gasteiger partial charge in [0.05, 0.1) is 52.9 Å². The second-order valence-electron chi connectivity index (χ2n) is 30.5. The van der Waals surface area contributed by atoms with Crippen LogP contribution in [0.1, 0.15) is 142 Å². The molecular formula is C98H102N2O6. The third-order valence-corrected chi connectivity index (χ3v) is 25.0. The van der Waals surface area contributed by atoms with Crippen molar-refractivity contribution in [2.45, 2.75) is 98.7 Å². The summed E-state index contributed by atoms with van der Waals surface area (Å²) in [5, 5.41) is 10.7. The molecule has 0 N–H and O–H groups in total. The van der Waals surface area contributed by atoms with Crippen LogP contribution >= 0.6 is 0 Å². The van der Waals surface area contributed by atoms with Crippen LogP contribution in [0.15, 0.2) is 255 Å². The molecule has 0 aromatic heterocycles. The Hall–Kier alpha value is -8.64. The van der Waals surface area contributed by atoms with E-state index in [0.717, 1.165) is 143 Å². The smallest absolute Gasteiger partial charge is 0.0701 e. The van der Waals surface area contributed by atoms with Crippen LogP contribution in [0.5, 0.6) is 0 Å². The highest BCUT2D eigenvalue weighted by atomic mass is 16.5. The Kier molecular flexibility index (Phi) is 21.3. The zero-order valence-electron chi connectivity index (χ0n) is 61.8. The molecule has 12 aromatic carbocycles. The van der Waals surface area contributed by atoms with Gasteiger partial charge in [0, 0.05) is 74.3 Å². The van der Waals surface area contributed by atoms with Gasteiger partial charge >= 0.3 is 0 Å². The zero-order valence-corrected chi connectivity index (χ0v) is 61.8. The molecule has 7 aliphatic rings. The minimum Gasteiger partial charge on any atom is -0.381 e. The summed E-state index contributed by atoms with van der Waals surface area (Å²) in [7, 11) is 0. The minimum absolute atomic E-state index is 0.255. The van der Waals surface area contributed by atoms with Crippen molar-refractivity contribution in [3.05, 3.63) is 333 Å². The summed E-state index contributed by atoms with van der Waals surface area (Å²) in [5.74, 6) is 0. The van der Waals surface area contributed by atoms with Crippen molar-refractivity contribution in [1.29, 1.82) is 0 Å². The molecule has 4 bridgehead atoms. The highest BCUT2D eigenvalue weighted by Crippen LogP contribution is 2.66. The van der Waals surface area contributed by atoms with Gasteiger partial charge in [-0.05, 0) is 223 Å². The molecule has 8 heteroatoms. The molecule has 12 aromatic rings.